The molecule has 1 N–H and O–H groups in total. The number of rotatable bonds is 3. The van der Waals surface area contributed by atoms with Crippen LogP contribution in [0.2, 0.25) is 0 Å². The molecule has 0 radical (unpaired) electrons. The van der Waals surface area contributed by atoms with Crippen molar-refractivity contribution in [3.63, 3.8) is 0 Å². The summed E-state index contributed by atoms with van der Waals surface area (Å²) >= 11 is 0. The largest absolute Gasteiger partial charge is 0.394 e. The van der Waals surface area contributed by atoms with Gasteiger partial charge in [-0.3, -0.25) is 0 Å². The number of hydrogen-bond acceptors (Lipinski definition) is 1. The predicted molar refractivity (Wildman–Crippen MR) is 37.6 cm³/mol. The second kappa shape index (κ2) is 4.44. The van der Waals surface area contributed by atoms with E-state index in [4.69, 9.17) is 0 Å². The lowest BCUT2D eigenvalue weighted by Crippen LogP contribution is -1.90. The molecule has 0 aromatic rings. The van der Waals surface area contributed by atoms with E-state index in [1.807, 2.05) is 19.3 Å². The quantitative estimate of drug-likeness (QED) is 0.546. The molecule has 1 nitrogen and oxygen atoms in total. The molecule has 0 amide bonds. The van der Waals surface area contributed by atoms with Crippen LogP contribution in [0.4, 0.5) is 0 Å². The van der Waals surface area contributed by atoms with E-state index in [1.54, 1.807) is 0 Å². The van der Waals surface area contributed by atoms with E-state index >= 15 is 0 Å². The normalized spacial score (nSPS) is 9.75. The van der Waals surface area contributed by atoms with Gasteiger partial charge < -0.3 is 5.32 Å². The lowest BCUT2D eigenvalue weighted by Gasteiger charge is -1.89. The molecule has 1 heteroatoms. The summed E-state index contributed by atoms with van der Waals surface area (Å²) in [7, 11) is 1.87. The Kier molecular flexibility index (Phi) is 4.04. The summed E-state index contributed by atoms with van der Waals surface area (Å²) in [4.78, 5) is 0. The molecule has 0 bridgehead atoms. The second-order valence-electron chi connectivity index (χ2n) is 1.63. The molecule has 0 atom stereocenters. The molecule has 8 heavy (non-hydrogen) atoms. The molecular weight excluding hydrogens is 98.1 g/mol. The van der Waals surface area contributed by atoms with Gasteiger partial charge >= 0.3 is 0 Å². The molecule has 0 fully saturated rings. The van der Waals surface area contributed by atoms with E-state index in [0.717, 1.165) is 12.0 Å². The fourth-order valence-corrected chi connectivity index (χ4v) is 0.319. The van der Waals surface area contributed by atoms with Crippen LogP contribution in [0.1, 0.15) is 13.3 Å². The molecule has 0 aromatic heterocycles. The Morgan fingerprint density at radius 2 is 2.38 bits per heavy atom. The van der Waals surface area contributed by atoms with Crippen molar-refractivity contribution in [3.05, 3.63) is 24.4 Å². The summed E-state index contributed by atoms with van der Waals surface area (Å²) in [6.07, 6.45) is 4.88. The van der Waals surface area contributed by atoms with Crippen LogP contribution < -0.4 is 5.32 Å². The number of hydrogen-bond donors (Lipinski definition) is 1. The van der Waals surface area contributed by atoms with Crippen molar-refractivity contribution < 1.29 is 0 Å². The van der Waals surface area contributed by atoms with E-state index in [-0.39, 0.29) is 0 Å². The average molecular weight is 111 g/mol. The molecule has 0 rings (SSSR count). The summed E-state index contributed by atoms with van der Waals surface area (Å²) < 4.78 is 0. The van der Waals surface area contributed by atoms with Gasteiger partial charge in [0.05, 0.1) is 0 Å². The molecule has 46 valence electrons. The zero-order chi connectivity index (χ0) is 6.41. The number of allylic oxidation sites excluding steroid dienone is 2. The topological polar surface area (TPSA) is 12.0 Å². The van der Waals surface area contributed by atoms with Gasteiger partial charge in [-0.25, -0.2) is 0 Å². The lowest BCUT2D eigenvalue weighted by molar-refractivity contribution is 1.08. The third kappa shape index (κ3) is 3.47. The van der Waals surface area contributed by atoms with Crippen LogP contribution in [0, 0.1) is 0 Å². The summed E-state index contributed by atoms with van der Waals surface area (Å²) in [5.74, 6) is 0. The Morgan fingerprint density at radius 1 is 1.75 bits per heavy atom. The summed E-state index contributed by atoms with van der Waals surface area (Å²) in [6, 6.07) is 0. The summed E-state index contributed by atoms with van der Waals surface area (Å²) in [6.45, 7) is 5.87. The molecule has 0 heterocycles. The predicted octanol–water partition coefficient (Wildman–Crippen LogP) is 1.69. The van der Waals surface area contributed by atoms with Crippen molar-refractivity contribution in [1.82, 2.24) is 5.32 Å². The Balaban J connectivity index is 3.37. The Morgan fingerprint density at radius 3 is 2.75 bits per heavy atom. The van der Waals surface area contributed by atoms with Gasteiger partial charge in [-0.2, -0.15) is 0 Å². The maximum atomic E-state index is 3.78. The van der Waals surface area contributed by atoms with Crippen LogP contribution >= 0.6 is 0 Å². The molecule has 0 aliphatic heterocycles. The summed E-state index contributed by atoms with van der Waals surface area (Å²) in [5, 5.41) is 2.89. The van der Waals surface area contributed by atoms with Crippen LogP contribution in [0.3, 0.4) is 0 Å². The Hall–Kier alpha value is -0.720. The first kappa shape index (κ1) is 7.28. The van der Waals surface area contributed by atoms with Crippen LogP contribution in [0.25, 0.3) is 0 Å². The van der Waals surface area contributed by atoms with Gasteiger partial charge in [-0.15, -0.1) is 0 Å². The highest BCUT2D eigenvalue weighted by molar-refractivity contribution is 5.12. The third-order valence-corrected chi connectivity index (χ3v) is 0.940. The van der Waals surface area contributed by atoms with E-state index < -0.39 is 0 Å². The zero-order valence-electron chi connectivity index (χ0n) is 5.57. The molecular formula is C7H13N. The highest BCUT2D eigenvalue weighted by Crippen LogP contribution is 1.95. The third-order valence-electron chi connectivity index (χ3n) is 0.940. The summed E-state index contributed by atoms with van der Waals surface area (Å²) in [5.41, 5.74) is 1.15. The van der Waals surface area contributed by atoms with Gasteiger partial charge in [0.2, 0.25) is 0 Å². The second-order valence-corrected chi connectivity index (χ2v) is 1.63. The van der Waals surface area contributed by atoms with Crippen molar-refractivity contribution in [3.8, 4) is 0 Å². The minimum atomic E-state index is 1.03. The maximum absolute atomic E-state index is 3.78. The first-order chi connectivity index (χ1) is 3.81. The van der Waals surface area contributed by atoms with Crippen LogP contribution in [-0.4, -0.2) is 7.05 Å². The Bertz CT molecular complexity index is 92.6. The molecule has 0 unspecified atom stereocenters. The monoisotopic (exact) mass is 111 g/mol. The van der Waals surface area contributed by atoms with Crippen molar-refractivity contribution in [1.29, 1.82) is 0 Å². The SMILES string of the molecule is C=C(/C=C\NC)CC. The highest BCUT2D eigenvalue weighted by Gasteiger charge is 1.76. The van der Waals surface area contributed by atoms with Crippen molar-refractivity contribution in [2.75, 3.05) is 7.05 Å². The molecule has 0 saturated carbocycles. The van der Waals surface area contributed by atoms with Crippen molar-refractivity contribution in [2.45, 2.75) is 13.3 Å². The zero-order valence-corrected chi connectivity index (χ0v) is 5.57. The molecule has 0 aromatic carbocycles. The van der Waals surface area contributed by atoms with E-state index in [2.05, 4.69) is 18.8 Å². The lowest BCUT2D eigenvalue weighted by atomic mass is 10.2. The first-order valence-electron chi connectivity index (χ1n) is 2.82. The highest BCUT2D eigenvalue weighted by atomic mass is 14.8. The van der Waals surface area contributed by atoms with Gasteiger partial charge in [0, 0.05) is 7.05 Å². The minimum absolute atomic E-state index is 1.03. The first-order valence-corrected chi connectivity index (χ1v) is 2.82. The fourth-order valence-electron chi connectivity index (χ4n) is 0.319. The number of nitrogens with one attached hydrogen (secondary N) is 1. The van der Waals surface area contributed by atoms with E-state index in [9.17, 15) is 0 Å². The smallest absolute Gasteiger partial charge is 0.00277 e. The van der Waals surface area contributed by atoms with Crippen LogP contribution in [0.5, 0.6) is 0 Å². The maximum Gasteiger partial charge on any atom is 0.00277 e. The standard InChI is InChI=1S/C7H13N/c1-4-7(2)5-6-8-3/h5-6,8H,2,4H2,1,3H3/b6-5-. The van der Waals surface area contributed by atoms with Crippen LogP contribution in [0.15, 0.2) is 24.4 Å². The minimum Gasteiger partial charge on any atom is -0.394 e. The average Bonchev–Trinajstić information content (AvgIpc) is 1.83. The molecule has 0 spiro atoms. The molecule has 0 aliphatic rings. The van der Waals surface area contributed by atoms with E-state index in [1.165, 1.54) is 0 Å². The van der Waals surface area contributed by atoms with E-state index in [0.29, 0.717) is 0 Å². The van der Waals surface area contributed by atoms with Gasteiger partial charge in [-0.05, 0) is 18.7 Å². The van der Waals surface area contributed by atoms with Crippen molar-refractivity contribution in [2.24, 2.45) is 0 Å². The van der Waals surface area contributed by atoms with Gasteiger partial charge in [0.15, 0.2) is 0 Å². The van der Waals surface area contributed by atoms with Gasteiger partial charge in [0.1, 0.15) is 0 Å². The molecule has 0 aliphatic carbocycles. The fraction of sp³-hybridized carbons (Fsp3) is 0.429. The van der Waals surface area contributed by atoms with Crippen molar-refractivity contribution >= 4 is 0 Å². The van der Waals surface area contributed by atoms with Gasteiger partial charge in [-0.1, -0.05) is 19.1 Å². The Labute approximate surface area is 51.1 Å². The molecule has 0 saturated heterocycles. The van der Waals surface area contributed by atoms with Gasteiger partial charge in [0.25, 0.3) is 0 Å². The van der Waals surface area contributed by atoms with Crippen LogP contribution in [-0.2, 0) is 0 Å².